The van der Waals surface area contributed by atoms with E-state index in [4.69, 9.17) is 0 Å². The van der Waals surface area contributed by atoms with Gasteiger partial charge in [-0.3, -0.25) is 20.4 Å². The van der Waals surface area contributed by atoms with Crippen molar-refractivity contribution < 1.29 is 9.59 Å². The summed E-state index contributed by atoms with van der Waals surface area (Å²) in [7, 11) is 1.86. The second-order valence-electron chi connectivity index (χ2n) is 7.23. The van der Waals surface area contributed by atoms with E-state index >= 15 is 0 Å². The predicted octanol–water partition coefficient (Wildman–Crippen LogP) is 2.44. The molecule has 0 atom stereocenters. The van der Waals surface area contributed by atoms with Gasteiger partial charge in [0, 0.05) is 12.4 Å². The van der Waals surface area contributed by atoms with Crippen LogP contribution >= 0.6 is 11.3 Å². The van der Waals surface area contributed by atoms with E-state index in [1.54, 1.807) is 10.1 Å². The number of hydrogen-bond acceptors (Lipinski definition) is 6. The largest absolute Gasteiger partial charge is 0.331 e. The van der Waals surface area contributed by atoms with Crippen LogP contribution in [0.3, 0.4) is 0 Å². The highest BCUT2D eigenvalue weighted by Gasteiger charge is 2.17. The highest BCUT2D eigenvalue weighted by atomic mass is 32.1. The molecule has 0 spiro atoms. The fourth-order valence-electron chi connectivity index (χ4n) is 3.62. The van der Waals surface area contributed by atoms with E-state index in [1.165, 1.54) is 11.3 Å². The van der Waals surface area contributed by atoms with E-state index in [2.05, 4.69) is 25.8 Å². The first kappa shape index (κ1) is 19.9. The SMILES string of the molecule is Cn1c(CC(=O)NNC(=O)Cn2c(-c3cscn3)nc3ccccc32)nc2ccccc21. The molecule has 0 radical (unpaired) electrons. The number of para-hydroxylation sites is 4. The number of fused-ring (bicyclic) bond motifs is 2. The Kier molecular flexibility index (Phi) is 5.12. The number of aryl methyl sites for hydroxylation is 1. The quantitative estimate of drug-likeness (QED) is 0.404. The van der Waals surface area contributed by atoms with Crippen molar-refractivity contribution in [2.75, 3.05) is 0 Å². The molecule has 0 saturated carbocycles. The molecule has 10 heteroatoms. The first-order valence-electron chi connectivity index (χ1n) is 9.92. The van der Waals surface area contributed by atoms with Gasteiger partial charge < -0.3 is 9.13 Å². The van der Waals surface area contributed by atoms with Gasteiger partial charge in [-0.05, 0) is 24.3 Å². The maximum absolute atomic E-state index is 12.6. The Morgan fingerprint density at radius 1 is 0.938 bits per heavy atom. The van der Waals surface area contributed by atoms with E-state index in [0.29, 0.717) is 17.3 Å². The minimum absolute atomic E-state index is 0.0139. The summed E-state index contributed by atoms with van der Waals surface area (Å²) in [6.07, 6.45) is 0.0452. The predicted molar refractivity (Wildman–Crippen MR) is 122 cm³/mol. The number of amides is 2. The molecule has 0 fully saturated rings. The number of nitrogens with one attached hydrogen (secondary N) is 2. The van der Waals surface area contributed by atoms with Gasteiger partial charge in [-0.25, -0.2) is 15.0 Å². The first-order valence-corrected chi connectivity index (χ1v) is 10.9. The summed E-state index contributed by atoms with van der Waals surface area (Å²) in [5.41, 5.74) is 10.7. The summed E-state index contributed by atoms with van der Waals surface area (Å²) in [6.45, 7) is -0.0139. The van der Waals surface area contributed by atoms with Crippen LogP contribution in [0.15, 0.2) is 59.4 Å². The number of hydrazine groups is 1. The number of carbonyl (C=O) groups is 2. The van der Waals surface area contributed by atoms with E-state index in [1.807, 2.05) is 65.5 Å². The Bertz CT molecular complexity index is 1440. The number of thiazole rings is 1. The minimum Gasteiger partial charge on any atom is -0.331 e. The van der Waals surface area contributed by atoms with Crippen LogP contribution in [0.1, 0.15) is 5.82 Å². The number of rotatable bonds is 5. The van der Waals surface area contributed by atoms with Gasteiger partial charge in [-0.2, -0.15) is 0 Å². The smallest absolute Gasteiger partial charge is 0.258 e. The fraction of sp³-hybridized carbons (Fsp3) is 0.136. The minimum atomic E-state index is -0.372. The third kappa shape index (κ3) is 3.71. The summed E-state index contributed by atoms with van der Waals surface area (Å²) in [4.78, 5) is 38.5. The molecule has 160 valence electrons. The molecule has 9 nitrogen and oxygen atoms in total. The molecule has 0 saturated heterocycles. The van der Waals surface area contributed by atoms with Gasteiger partial charge in [0.2, 0.25) is 5.91 Å². The molecule has 0 bridgehead atoms. The molecule has 2 aromatic carbocycles. The second kappa shape index (κ2) is 8.23. The Balaban J connectivity index is 1.28. The molecule has 32 heavy (non-hydrogen) atoms. The van der Waals surface area contributed by atoms with E-state index < -0.39 is 0 Å². The number of nitrogens with zero attached hydrogens (tertiary/aromatic N) is 5. The zero-order valence-electron chi connectivity index (χ0n) is 17.1. The van der Waals surface area contributed by atoms with Crippen molar-refractivity contribution in [3.8, 4) is 11.5 Å². The van der Waals surface area contributed by atoms with Crippen LogP contribution in [-0.2, 0) is 29.6 Å². The summed E-state index contributed by atoms with van der Waals surface area (Å²) >= 11 is 1.46. The van der Waals surface area contributed by atoms with Gasteiger partial charge in [0.25, 0.3) is 5.91 Å². The zero-order chi connectivity index (χ0) is 22.1. The van der Waals surface area contributed by atoms with Crippen LogP contribution in [0.25, 0.3) is 33.6 Å². The van der Waals surface area contributed by atoms with Crippen LogP contribution in [-0.4, -0.2) is 35.9 Å². The van der Waals surface area contributed by atoms with Gasteiger partial charge in [0.15, 0.2) is 5.82 Å². The third-order valence-electron chi connectivity index (χ3n) is 5.16. The molecule has 5 aromatic rings. The molecule has 2 amide bonds. The van der Waals surface area contributed by atoms with E-state index in [-0.39, 0.29) is 24.8 Å². The van der Waals surface area contributed by atoms with Crippen LogP contribution < -0.4 is 10.9 Å². The molecular formula is C22H19N7O2S. The van der Waals surface area contributed by atoms with E-state index in [0.717, 1.165) is 22.1 Å². The maximum Gasteiger partial charge on any atom is 0.258 e. The Morgan fingerprint density at radius 3 is 2.34 bits per heavy atom. The molecule has 0 aliphatic heterocycles. The zero-order valence-corrected chi connectivity index (χ0v) is 18.0. The standard InChI is InChI=1S/C22H19N7O2S/c1-28-17-8-4-2-6-14(17)24-19(28)10-20(30)26-27-21(31)11-29-18-9-5-3-7-15(18)25-22(29)16-12-32-13-23-16/h2-9,12-13H,10-11H2,1H3,(H,26,30)(H,27,31). The highest BCUT2D eigenvalue weighted by Crippen LogP contribution is 2.24. The maximum atomic E-state index is 12.6. The molecule has 5 rings (SSSR count). The molecule has 0 unspecified atom stereocenters. The Morgan fingerprint density at radius 2 is 1.62 bits per heavy atom. The van der Waals surface area contributed by atoms with Gasteiger partial charge in [-0.15, -0.1) is 11.3 Å². The average Bonchev–Trinajstić information content (AvgIpc) is 3.52. The lowest BCUT2D eigenvalue weighted by Gasteiger charge is -2.10. The van der Waals surface area contributed by atoms with Crippen molar-refractivity contribution in [1.29, 1.82) is 0 Å². The average molecular weight is 446 g/mol. The number of hydrogen-bond donors (Lipinski definition) is 2. The number of aromatic nitrogens is 5. The van der Waals surface area contributed by atoms with Crippen molar-refractivity contribution in [2.45, 2.75) is 13.0 Å². The van der Waals surface area contributed by atoms with Crippen LogP contribution in [0, 0.1) is 0 Å². The molecule has 2 N–H and O–H groups in total. The van der Waals surface area contributed by atoms with Crippen molar-refractivity contribution in [3.05, 3.63) is 65.2 Å². The van der Waals surface area contributed by atoms with Crippen LogP contribution in [0.4, 0.5) is 0 Å². The van der Waals surface area contributed by atoms with Crippen molar-refractivity contribution >= 4 is 45.2 Å². The monoisotopic (exact) mass is 445 g/mol. The molecule has 0 aliphatic rings. The summed E-state index contributed by atoms with van der Waals surface area (Å²) < 4.78 is 3.66. The van der Waals surface area contributed by atoms with Crippen LogP contribution in [0.5, 0.6) is 0 Å². The second-order valence-corrected chi connectivity index (χ2v) is 7.95. The fourth-order valence-corrected chi connectivity index (χ4v) is 4.15. The van der Waals surface area contributed by atoms with Crippen LogP contribution in [0.2, 0.25) is 0 Å². The third-order valence-corrected chi connectivity index (χ3v) is 5.74. The van der Waals surface area contributed by atoms with Crippen molar-refractivity contribution in [2.24, 2.45) is 7.05 Å². The van der Waals surface area contributed by atoms with E-state index in [9.17, 15) is 9.59 Å². The lowest BCUT2D eigenvalue weighted by Crippen LogP contribution is -2.44. The first-order chi connectivity index (χ1) is 15.6. The van der Waals surface area contributed by atoms with Crippen molar-refractivity contribution in [3.63, 3.8) is 0 Å². The molecule has 0 aliphatic carbocycles. The number of imidazole rings is 2. The van der Waals surface area contributed by atoms with Gasteiger partial charge in [-0.1, -0.05) is 24.3 Å². The normalized spacial score (nSPS) is 11.2. The van der Waals surface area contributed by atoms with Gasteiger partial charge in [0.05, 0.1) is 34.0 Å². The van der Waals surface area contributed by atoms with Crippen molar-refractivity contribution in [1.82, 2.24) is 34.9 Å². The molecule has 3 aromatic heterocycles. The van der Waals surface area contributed by atoms with Gasteiger partial charge >= 0.3 is 0 Å². The summed E-state index contributed by atoms with van der Waals surface area (Å²) in [5, 5.41) is 1.88. The Hall–Kier alpha value is -4.05. The summed E-state index contributed by atoms with van der Waals surface area (Å²) in [5.74, 6) is 0.493. The topological polar surface area (TPSA) is 107 Å². The summed E-state index contributed by atoms with van der Waals surface area (Å²) in [6, 6.07) is 15.2. The number of carbonyl (C=O) groups excluding carboxylic acids is 2. The Labute approximate surface area is 186 Å². The lowest BCUT2D eigenvalue weighted by molar-refractivity contribution is -0.128. The highest BCUT2D eigenvalue weighted by molar-refractivity contribution is 7.07. The molecular weight excluding hydrogens is 426 g/mol. The number of benzene rings is 2. The lowest BCUT2D eigenvalue weighted by atomic mass is 10.3. The molecule has 3 heterocycles. The van der Waals surface area contributed by atoms with Gasteiger partial charge in [0.1, 0.15) is 18.1 Å².